The van der Waals surface area contributed by atoms with Crippen LogP contribution in [0.3, 0.4) is 0 Å². The Labute approximate surface area is 149 Å². The first-order chi connectivity index (χ1) is 12.4. The van der Waals surface area contributed by atoms with E-state index in [1.807, 2.05) is 30.5 Å². The van der Waals surface area contributed by atoms with Crippen molar-refractivity contribution in [1.29, 1.82) is 0 Å². The highest BCUT2D eigenvalue weighted by molar-refractivity contribution is 7.13. The van der Waals surface area contributed by atoms with E-state index in [0.29, 0.717) is 0 Å². The van der Waals surface area contributed by atoms with Gasteiger partial charge in [-0.3, -0.25) is 0 Å². The predicted molar refractivity (Wildman–Crippen MR) is 105 cm³/mol. The van der Waals surface area contributed by atoms with Crippen LogP contribution in [0.5, 0.6) is 0 Å². The van der Waals surface area contributed by atoms with Gasteiger partial charge in [0, 0.05) is 28.2 Å². The van der Waals surface area contributed by atoms with Gasteiger partial charge in [0.25, 0.3) is 0 Å². The van der Waals surface area contributed by atoms with E-state index in [1.165, 1.54) is 10.3 Å². The second-order valence-corrected chi connectivity index (χ2v) is 6.85. The second kappa shape index (κ2) is 5.76. The van der Waals surface area contributed by atoms with E-state index in [4.69, 9.17) is 4.98 Å². The maximum atomic E-state index is 4.96. The summed E-state index contributed by atoms with van der Waals surface area (Å²) in [5.41, 5.74) is 5.39. The maximum absolute atomic E-state index is 4.96. The van der Waals surface area contributed by atoms with Crippen molar-refractivity contribution in [2.75, 3.05) is 0 Å². The molecule has 0 atom stereocenters. The van der Waals surface area contributed by atoms with Gasteiger partial charge in [-0.1, -0.05) is 54.6 Å². The van der Waals surface area contributed by atoms with E-state index < -0.39 is 0 Å². The summed E-state index contributed by atoms with van der Waals surface area (Å²) in [4.78, 5) is 13.0. The van der Waals surface area contributed by atoms with Gasteiger partial charge in [0.05, 0.1) is 16.3 Å². The summed E-state index contributed by atoms with van der Waals surface area (Å²) in [6, 6.07) is 22.8. The Morgan fingerprint density at radius 2 is 1.68 bits per heavy atom. The summed E-state index contributed by atoms with van der Waals surface area (Å²) in [6.45, 7) is 0. The lowest BCUT2D eigenvalue weighted by atomic mass is 10.1. The van der Waals surface area contributed by atoms with Crippen LogP contribution in [0.25, 0.3) is 44.1 Å². The van der Waals surface area contributed by atoms with Crippen LogP contribution in [-0.2, 0) is 0 Å². The largest absolute Gasteiger partial charge is 0.360 e. The zero-order chi connectivity index (χ0) is 16.6. The molecule has 0 aliphatic heterocycles. The fourth-order valence-corrected chi connectivity index (χ4v) is 3.90. The Kier molecular flexibility index (Phi) is 3.28. The number of aromatic amines is 2. The van der Waals surface area contributed by atoms with Crippen LogP contribution in [0.4, 0.5) is 0 Å². The highest BCUT2D eigenvalue weighted by atomic mass is 32.1. The summed E-state index contributed by atoms with van der Waals surface area (Å²) in [6.07, 6.45) is 2.02. The van der Waals surface area contributed by atoms with Gasteiger partial charge in [0.2, 0.25) is 0 Å². The number of para-hydroxylation sites is 1. The molecule has 0 radical (unpaired) electrons. The third-order valence-electron chi connectivity index (χ3n) is 4.36. The minimum atomic E-state index is 0.889. The molecule has 0 unspecified atom stereocenters. The first-order valence-electron chi connectivity index (χ1n) is 8.16. The molecule has 2 N–H and O–H groups in total. The molecule has 0 fully saturated rings. The van der Waals surface area contributed by atoms with E-state index in [0.717, 1.165) is 33.9 Å². The summed E-state index contributed by atoms with van der Waals surface area (Å²) in [7, 11) is 0. The van der Waals surface area contributed by atoms with Crippen molar-refractivity contribution in [3.05, 3.63) is 78.3 Å². The molecular weight excluding hydrogens is 326 g/mol. The molecule has 0 aliphatic rings. The van der Waals surface area contributed by atoms with Crippen molar-refractivity contribution in [2.24, 2.45) is 0 Å². The van der Waals surface area contributed by atoms with Crippen molar-refractivity contribution in [1.82, 2.24) is 15.0 Å². The van der Waals surface area contributed by atoms with Gasteiger partial charge >= 0.3 is 0 Å². The standard InChI is InChI=1S/C21H15N3S/c1-2-7-14(8-3-1)19-20(18-11-6-12-25-18)24-21(23-19)16-13-22-17-10-5-4-9-15(16)17/h1-13,22H,(H,23,24). The van der Waals surface area contributed by atoms with Crippen LogP contribution in [-0.4, -0.2) is 15.0 Å². The summed E-state index contributed by atoms with van der Waals surface area (Å²) in [5, 5.41) is 3.27. The molecule has 3 heterocycles. The molecule has 25 heavy (non-hydrogen) atoms. The average molecular weight is 341 g/mol. The van der Waals surface area contributed by atoms with Crippen molar-refractivity contribution >= 4 is 22.2 Å². The monoisotopic (exact) mass is 341 g/mol. The number of H-pyrrole nitrogens is 2. The number of imidazole rings is 1. The van der Waals surface area contributed by atoms with E-state index in [-0.39, 0.29) is 0 Å². The Balaban J connectivity index is 1.74. The van der Waals surface area contributed by atoms with Crippen LogP contribution < -0.4 is 0 Å². The number of thiophene rings is 1. The molecule has 0 bridgehead atoms. The molecule has 2 aromatic carbocycles. The van der Waals surface area contributed by atoms with Gasteiger partial charge in [-0.15, -0.1) is 11.3 Å². The number of nitrogens with one attached hydrogen (secondary N) is 2. The first-order valence-corrected chi connectivity index (χ1v) is 9.04. The fraction of sp³-hybridized carbons (Fsp3) is 0. The van der Waals surface area contributed by atoms with Crippen LogP contribution in [0.1, 0.15) is 0 Å². The van der Waals surface area contributed by atoms with Crippen molar-refractivity contribution in [2.45, 2.75) is 0 Å². The van der Waals surface area contributed by atoms with Gasteiger partial charge in [0.15, 0.2) is 0 Å². The van der Waals surface area contributed by atoms with E-state index in [2.05, 4.69) is 57.8 Å². The van der Waals surface area contributed by atoms with Gasteiger partial charge < -0.3 is 9.97 Å². The average Bonchev–Trinajstić information content (AvgIpc) is 3.40. The first kappa shape index (κ1) is 14.3. The zero-order valence-electron chi connectivity index (χ0n) is 13.4. The van der Waals surface area contributed by atoms with Crippen molar-refractivity contribution in [3.8, 4) is 33.2 Å². The lowest BCUT2D eigenvalue weighted by molar-refractivity contribution is 1.31. The quantitative estimate of drug-likeness (QED) is 0.418. The molecule has 0 saturated heterocycles. The molecule has 5 rings (SSSR count). The smallest absolute Gasteiger partial charge is 0.140 e. The number of benzene rings is 2. The maximum Gasteiger partial charge on any atom is 0.140 e. The van der Waals surface area contributed by atoms with Gasteiger partial charge in [-0.05, 0) is 17.5 Å². The van der Waals surface area contributed by atoms with E-state index in [9.17, 15) is 0 Å². The highest BCUT2D eigenvalue weighted by Gasteiger charge is 2.17. The summed E-state index contributed by atoms with van der Waals surface area (Å²) < 4.78 is 0. The van der Waals surface area contributed by atoms with Crippen LogP contribution in [0.2, 0.25) is 0 Å². The van der Waals surface area contributed by atoms with Gasteiger partial charge in [-0.2, -0.15) is 0 Å². The Morgan fingerprint density at radius 3 is 2.52 bits per heavy atom. The Morgan fingerprint density at radius 1 is 0.840 bits per heavy atom. The topological polar surface area (TPSA) is 44.5 Å². The van der Waals surface area contributed by atoms with Crippen molar-refractivity contribution in [3.63, 3.8) is 0 Å². The fourth-order valence-electron chi connectivity index (χ4n) is 3.17. The van der Waals surface area contributed by atoms with Gasteiger partial charge in [0.1, 0.15) is 5.82 Å². The lowest BCUT2D eigenvalue weighted by Gasteiger charge is -1.99. The van der Waals surface area contributed by atoms with E-state index >= 15 is 0 Å². The minimum Gasteiger partial charge on any atom is -0.360 e. The van der Waals surface area contributed by atoms with Crippen LogP contribution in [0, 0.1) is 0 Å². The molecule has 0 spiro atoms. The number of nitrogens with zero attached hydrogens (tertiary/aromatic N) is 1. The molecule has 120 valence electrons. The minimum absolute atomic E-state index is 0.889. The number of hydrogen-bond acceptors (Lipinski definition) is 2. The third kappa shape index (κ3) is 2.39. The molecule has 0 amide bonds. The molecule has 3 nitrogen and oxygen atoms in total. The SMILES string of the molecule is c1ccc(-c2nc(-c3c[nH]c4ccccc34)[nH]c2-c2cccs2)cc1. The van der Waals surface area contributed by atoms with Crippen LogP contribution >= 0.6 is 11.3 Å². The molecule has 0 saturated carbocycles. The highest BCUT2D eigenvalue weighted by Crippen LogP contribution is 2.36. The van der Waals surface area contributed by atoms with E-state index in [1.54, 1.807) is 11.3 Å². The molecule has 5 aromatic rings. The normalized spacial score (nSPS) is 11.2. The number of hydrogen-bond donors (Lipinski definition) is 2. The molecule has 3 aromatic heterocycles. The number of rotatable bonds is 3. The third-order valence-corrected chi connectivity index (χ3v) is 5.25. The molecule has 0 aliphatic carbocycles. The number of fused-ring (bicyclic) bond motifs is 1. The van der Waals surface area contributed by atoms with Gasteiger partial charge in [-0.25, -0.2) is 4.98 Å². The zero-order valence-corrected chi connectivity index (χ0v) is 14.2. The number of aromatic nitrogens is 3. The molecular formula is C21H15N3S. The Bertz CT molecular complexity index is 1130. The lowest BCUT2D eigenvalue weighted by Crippen LogP contribution is -1.80. The Hall–Kier alpha value is -3.11. The predicted octanol–water partition coefficient (Wildman–Crippen LogP) is 5.95. The summed E-state index contributed by atoms with van der Waals surface area (Å²) in [5.74, 6) is 0.889. The molecule has 4 heteroatoms. The van der Waals surface area contributed by atoms with Crippen molar-refractivity contribution < 1.29 is 0 Å². The van der Waals surface area contributed by atoms with Crippen LogP contribution in [0.15, 0.2) is 78.3 Å². The second-order valence-electron chi connectivity index (χ2n) is 5.90. The summed E-state index contributed by atoms with van der Waals surface area (Å²) >= 11 is 1.72.